The van der Waals surface area contributed by atoms with E-state index in [9.17, 15) is 0 Å². The van der Waals surface area contributed by atoms with Crippen LogP contribution in [0.1, 0.15) is 18.7 Å². The van der Waals surface area contributed by atoms with Gasteiger partial charge in [0.1, 0.15) is 5.82 Å². The summed E-state index contributed by atoms with van der Waals surface area (Å²) in [5.41, 5.74) is 0.236. The number of aromatic nitrogens is 2. The van der Waals surface area contributed by atoms with Crippen molar-refractivity contribution in [3.63, 3.8) is 0 Å². The van der Waals surface area contributed by atoms with E-state index >= 15 is 0 Å². The van der Waals surface area contributed by atoms with Gasteiger partial charge in [-0.2, -0.15) is 4.37 Å². The van der Waals surface area contributed by atoms with Gasteiger partial charge in [-0.1, -0.05) is 0 Å². The Morgan fingerprint density at radius 1 is 1.47 bits per heavy atom. The van der Waals surface area contributed by atoms with E-state index in [-0.39, 0.29) is 5.41 Å². The Hall–Kier alpha value is -0.720. The molecule has 1 aliphatic rings. The molecular weight excluding hydrogens is 236 g/mol. The summed E-state index contributed by atoms with van der Waals surface area (Å²) in [5.74, 6) is 0.837. The summed E-state index contributed by atoms with van der Waals surface area (Å²) in [6.45, 7) is 5.77. The van der Waals surface area contributed by atoms with E-state index in [4.69, 9.17) is 4.74 Å². The normalized spacial score (nSPS) is 19.2. The number of anilines is 1. The molecule has 0 aliphatic carbocycles. The van der Waals surface area contributed by atoms with Crippen LogP contribution in [0.5, 0.6) is 0 Å². The molecule has 0 aromatic carbocycles. The standard InChI is InChI=1S/C11H20N4OS/c1-9-14-10(17-15-9)13-7-11(8-16-2)3-5-12-6-4-11/h12H,3-8H2,1-2H3,(H,13,14,15). The van der Waals surface area contributed by atoms with Crippen LogP contribution in [0.15, 0.2) is 0 Å². The summed E-state index contributed by atoms with van der Waals surface area (Å²) in [4.78, 5) is 4.33. The summed E-state index contributed by atoms with van der Waals surface area (Å²) < 4.78 is 9.55. The Bertz CT molecular complexity index is 343. The molecule has 0 spiro atoms. The number of nitrogens with zero attached hydrogens (tertiary/aromatic N) is 2. The highest BCUT2D eigenvalue weighted by molar-refractivity contribution is 7.09. The van der Waals surface area contributed by atoms with E-state index in [1.807, 2.05) is 6.92 Å². The second-order valence-corrected chi connectivity index (χ2v) is 5.44. The van der Waals surface area contributed by atoms with Crippen molar-refractivity contribution in [1.29, 1.82) is 0 Å². The molecule has 0 bridgehead atoms. The quantitative estimate of drug-likeness (QED) is 0.831. The van der Waals surface area contributed by atoms with Gasteiger partial charge in [0, 0.05) is 30.6 Å². The van der Waals surface area contributed by atoms with Gasteiger partial charge in [0.05, 0.1) is 6.61 Å². The van der Waals surface area contributed by atoms with Gasteiger partial charge in [0.2, 0.25) is 5.13 Å². The molecule has 1 fully saturated rings. The lowest BCUT2D eigenvalue weighted by Crippen LogP contribution is -2.44. The van der Waals surface area contributed by atoms with Crippen LogP contribution < -0.4 is 10.6 Å². The van der Waals surface area contributed by atoms with Crippen molar-refractivity contribution in [3.05, 3.63) is 5.82 Å². The van der Waals surface area contributed by atoms with E-state index in [0.717, 1.165) is 50.0 Å². The SMILES string of the molecule is COCC1(CNc2nc(C)ns2)CCNCC1. The maximum absolute atomic E-state index is 5.38. The fourth-order valence-corrected chi connectivity index (χ4v) is 2.84. The number of piperidine rings is 1. The Labute approximate surface area is 106 Å². The molecule has 0 amide bonds. The third kappa shape index (κ3) is 3.37. The molecule has 0 saturated carbocycles. The van der Waals surface area contributed by atoms with Crippen LogP contribution in [0, 0.1) is 12.3 Å². The van der Waals surface area contributed by atoms with Crippen LogP contribution >= 0.6 is 11.5 Å². The summed E-state index contributed by atoms with van der Waals surface area (Å²) in [5, 5.41) is 7.70. The van der Waals surface area contributed by atoms with E-state index in [1.165, 1.54) is 11.5 Å². The van der Waals surface area contributed by atoms with Crippen LogP contribution in [0.3, 0.4) is 0 Å². The summed E-state index contributed by atoms with van der Waals surface area (Å²) in [6, 6.07) is 0. The zero-order valence-electron chi connectivity index (χ0n) is 10.5. The van der Waals surface area contributed by atoms with Crippen LogP contribution in [0.4, 0.5) is 5.13 Å². The average Bonchev–Trinajstić information content (AvgIpc) is 2.75. The Kier molecular flexibility index (Phi) is 4.31. The lowest BCUT2D eigenvalue weighted by Gasteiger charge is -2.37. The summed E-state index contributed by atoms with van der Waals surface area (Å²) in [7, 11) is 1.78. The number of methoxy groups -OCH3 is 1. The van der Waals surface area contributed by atoms with Crippen molar-refractivity contribution in [2.45, 2.75) is 19.8 Å². The summed E-state index contributed by atoms with van der Waals surface area (Å²) >= 11 is 1.43. The molecule has 2 N–H and O–H groups in total. The number of hydrogen-bond acceptors (Lipinski definition) is 6. The first-order chi connectivity index (χ1) is 8.24. The average molecular weight is 256 g/mol. The molecule has 2 heterocycles. The maximum atomic E-state index is 5.38. The second-order valence-electron chi connectivity index (χ2n) is 4.68. The van der Waals surface area contributed by atoms with Gasteiger partial charge >= 0.3 is 0 Å². The molecule has 5 nitrogen and oxygen atoms in total. The number of ether oxygens (including phenoxy) is 1. The van der Waals surface area contributed by atoms with Crippen molar-refractivity contribution in [3.8, 4) is 0 Å². The molecule has 1 aliphatic heterocycles. The lowest BCUT2D eigenvalue weighted by atomic mass is 9.79. The monoisotopic (exact) mass is 256 g/mol. The van der Waals surface area contributed by atoms with E-state index in [2.05, 4.69) is 20.0 Å². The van der Waals surface area contributed by atoms with Gasteiger partial charge in [-0.25, -0.2) is 4.98 Å². The minimum Gasteiger partial charge on any atom is -0.384 e. The molecule has 6 heteroatoms. The molecular formula is C11H20N4OS. The predicted molar refractivity (Wildman–Crippen MR) is 69.5 cm³/mol. The van der Waals surface area contributed by atoms with Crippen molar-refractivity contribution < 1.29 is 4.74 Å². The predicted octanol–water partition coefficient (Wildman–Crippen LogP) is 1.27. The number of aryl methyl sites for hydroxylation is 1. The molecule has 17 heavy (non-hydrogen) atoms. The first-order valence-electron chi connectivity index (χ1n) is 5.98. The van der Waals surface area contributed by atoms with Crippen LogP contribution in [0.2, 0.25) is 0 Å². The van der Waals surface area contributed by atoms with E-state index < -0.39 is 0 Å². The van der Waals surface area contributed by atoms with Gasteiger partial charge in [0.15, 0.2) is 0 Å². The lowest BCUT2D eigenvalue weighted by molar-refractivity contribution is 0.0636. The minimum atomic E-state index is 0.236. The topological polar surface area (TPSA) is 59.1 Å². The highest BCUT2D eigenvalue weighted by Gasteiger charge is 2.32. The second kappa shape index (κ2) is 5.75. The Morgan fingerprint density at radius 2 is 2.24 bits per heavy atom. The molecule has 1 aromatic heterocycles. The van der Waals surface area contributed by atoms with Gasteiger partial charge in [-0.05, 0) is 32.9 Å². The van der Waals surface area contributed by atoms with Crippen molar-refractivity contribution in [1.82, 2.24) is 14.7 Å². The number of nitrogens with one attached hydrogen (secondary N) is 2. The highest BCUT2D eigenvalue weighted by Crippen LogP contribution is 2.29. The first kappa shape index (κ1) is 12.7. The van der Waals surface area contributed by atoms with Crippen molar-refractivity contribution in [2.24, 2.45) is 5.41 Å². The fraction of sp³-hybridized carbons (Fsp3) is 0.818. The fourth-order valence-electron chi connectivity index (χ4n) is 2.27. The largest absolute Gasteiger partial charge is 0.384 e. The maximum Gasteiger partial charge on any atom is 0.202 e. The molecule has 0 atom stereocenters. The van der Waals surface area contributed by atoms with Crippen LogP contribution in [-0.2, 0) is 4.74 Å². The smallest absolute Gasteiger partial charge is 0.202 e. The molecule has 96 valence electrons. The Balaban J connectivity index is 1.93. The van der Waals surface area contributed by atoms with Gasteiger partial charge in [-0.3, -0.25) is 0 Å². The minimum absolute atomic E-state index is 0.236. The molecule has 0 radical (unpaired) electrons. The van der Waals surface area contributed by atoms with Gasteiger partial charge < -0.3 is 15.4 Å². The van der Waals surface area contributed by atoms with E-state index in [1.54, 1.807) is 7.11 Å². The van der Waals surface area contributed by atoms with Gasteiger partial charge in [-0.15, -0.1) is 0 Å². The highest BCUT2D eigenvalue weighted by atomic mass is 32.1. The van der Waals surface area contributed by atoms with Crippen molar-refractivity contribution >= 4 is 16.7 Å². The van der Waals surface area contributed by atoms with E-state index in [0.29, 0.717) is 0 Å². The van der Waals surface area contributed by atoms with Crippen LogP contribution in [0.25, 0.3) is 0 Å². The zero-order chi connectivity index (χ0) is 12.1. The van der Waals surface area contributed by atoms with Gasteiger partial charge in [0.25, 0.3) is 0 Å². The molecule has 0 unspecified atom stereocenters. The first-order valence-corrected chi connectivity index (χ1v) is 6.75. The third-order valence-corrected chi connectivity index (χ3v) is 4.02. The molecule has 2 rings (SSSR count). The zero-order valence-corrected chi connectivity index (χ0v) is 11.3. The van der Waals surface area contributed by atoms with Crippen LogP contribution in [-0.4, -0.2) is 42.7 Å². The molecule has 1 saturated heterocycles. The third-order valence-electron chi connectivity index (χ3n) is 3.26. The van der Waals surface area contributed by atoms with Crippen molar-refractivity contribution in [2.75, 3.05) is 38.7 Å². The number of rotatable bonds is 5. The Morgan fingerprint density at radius 3 is 2.82 bits per heavy atom. The molecule has 1 aromatic rings. The number of hydrogen-bond donors (Lipinski definition) is 2. The summed E-state index contributed by atoms with van der Waals surface area (Å²) in [6.07, 6.45) is 2.29.